The molecule has 3 rings (SSSR count). The first-order valence-corrected chi connectivity index (χ1v) is 8.37. The van der Waals surface area contributed by atoms with Crippen LogP contribution in [0.2, 0.25) is 0 Å². The van der Waals surface area contributed by atoms with Crippen LogP contribution in [-0.2, 0) is 6.42 Å². The normalized spacial score (nSPS) is 10.4. The maximum absolute atomic E-state index is 13.4. The summed E-state index contributed by atoms with van der Waals surface area (Å²) in [6.07, 6.45) is 3.42. The maximum atomic E-state index is 13.4. The topological polar surface area (TPSA) is 79.3 Å². The smallest absolute Gasteiger partial charge is 0.336 e. The Hall–Kier alpha value is -3.54. The molecule has 6 heteroatoms. The van der Waals surface area contributed by atoms with E-state index in [0.717, 1.165) is 0 Å². The molecule has 0 spiro atoms. The van der Waals surface area contributed by atoms with Crippen LogP contribution < -0.4 is 5.32 Å². The molecule has 2 aromatic carbocycles. The summed E-state index contributed by atoms with van der Waals surface area (Å²) < 4.78 is 13.4. The molecule has 0 radical (unpaired) electrons. The number of aromatic carboxylic acids is 1. The van der Waals surface area contributed by atoms with Crippen LogP contribution in [0.15, 0.2) is 60.9 Å². The second-order valence-corrected chi connectivity index (χ2v) is 5.92. The van der Waals surface area contributed by atoms with Crippen LogP contribution in [-0.4, -0.2) is 22.0 Å². The molecule has 3 aromatic rings. The zero-order valence-electron chi connectivity index (χ0n) is 14.6. The van der Waals surface area contributed by atoms with Crippen molar-refractivity contribution in [3.05, 3.63) is 83.4 Å². The third kappa shape index (κ3) is 4.00. The van der Waals surface area contributed by atoms with Crippen molar-refractivity contribution >= 4 is 17.6 Å². The fourth-order valence-corrected chi connectivity index (χ4v) is 2.87. The van der Waals surface area contributed by atoms with E-state index >= 15 is 0 Å². The second-order valence-electron chi connectivity index (χ2n) is 5.92. The molecule has 0 aliphatic rings. The van der Waals surface area contributed by atoms with Gasteiger partial charge in [0.25, 0.3) is 5.91 Å². The summed E-state index contributed by atoms with van der Waals surface area (Å²) in [7, 11) is 0. The van der Waals surface area contributed by atoms with E-state index < -0.39 is 11.9 Å². The summed E-state index contributed by atoms with van der Waals surface area (Å²) in [5.41, 5.74) is 2.66. The third-order valence-corrected chi connectivity index (χ3v) is 4.17. The van der Waals surface area contributed by atoms with Gasteiger partial charge in [0, 0.05) is 23.6 Å². The SMILES string of the molecule is CCc1c(NC(=O)c2cncc(-c3cccc(F)c3)c2)cccc1C(=O)O. The largest absolute Gasteiger partial charge is 0.478 e. The fourth-order valence-electron chi connectivity index (χ4n) is 2.87. The number of anilines is 1. The monoisotopic (exact) mass is 364 g/mol. The van der Waals surface area contributed by atoms with Gasteiger partial charge in [-0.25, -0.2) is 9.18 Å². The van der Waals surface area contributed by atoms with Crippen LogP contribution in [0.25, 0.3) is 11.1 Å². The van der Waals surface area contributed by atoms with E-state index in [1.54, 1.807) is 36.5 Å². The number of aromatic nitrogens is 1. The average Bonchev–Trinajstić information content (AvgIpc) is 2.67. The Balaban J connectivity index is 1.91. The molecule has 0 aliphatic carbocycles. The van der Waals surface area contributed by atoms with E-state index in [9.17, 15) is 19.1 Å². The highest BCUT2D eigenvalue weighted by Crippen LogP contribution is 2.23. The average molecular weight is 364 g/mol. The van der Waals surface area contributed by atoms with Crippen LogP contribution >= 0.6 is 0 Å². The number of benzene rings is 2. The van der Waals surface area contributed by atoms with E-state index in [0.29, 0.717) is 34.4 Å². The Morgan fingerprint density at radius 3 is 2.56 bits per heavy atom. The van der Waals surface area contributed by atoms with Crippen molar-refractivity contribution in [2.24, 2.45) is 0 Å². The Morgan fingerprint density at radius 2 is 1.85 bits per heavy atom. The van der Waals surface area contributed by atoms with Crippen molar-refractivity contribution in [1.29, 1.82) is 0 Å². The molecule has 0 saturated heterocycles. The molecule has 1 aromatic heterocycles. The van der Waals surface area contributed by atoms with Crippen molar-refractivity contribution in [1.82, 2.24) is 4.98 Å². The van der Waals surface area contributed by atoms with Gasteiger partial charge >= 0.3 is 5.97 Å². The van der Waals surface area contributed by atoms with Gasteiger partial charge in [0.15, 0.2) is 0 Å². The van der Waals surface area contributed by atoms with Crippen LogP contribution in [0.4, 0.5) is 10.1 Å². The lowest BCUT2D eigenvalue weighted by Gasteiger charge is -2.12. The van der Waals surface area contributed by atoms with Gasteiger partial charge in [-0.1, -0.05) is 25.1 Å². The third-order valence-electron chi connectivity index (χ3n) is 4.17. The number of carboxylic acid groups (broad SMARTS) is 1. The highest BCUT2D eigenvalue weighted by molar-refractivity contribution is 6.06. The minimum Gasteiger partial charge on any atom is -0.478 e. The first-order chi connectivity index (χ1) is 13.0. The number of hydrogen-bond donors (Lipinski definition) is 2. The van der Waals surface area contributed by atoms with Crippen LogP contribution in [0.5, 0.6) is 0 Å². The number of hydrogen-bond acceptors (Lipinski definition) is 3. The summed E-state index contributed by atoms with van der Waals surface area (Å²) in [5, 5.41) is 12.1. The van der Waals surface area contributed by atoms with Crippen molar-refractivity contribution < 1.29 is 19.1 Å². The van der Waals surface area contributed by atoms with Crippen molar-refractivity contribution in [3.8, 4) is 11.1 Å². The highest BCUT2D eigenvalue weighted by atomic mass is 19.1. The van der Waals surface area contributed by atoms with Gasteiger partial charge in [-0.15, -0.1) is 0 Å². The molecule has 2 N–H and O–H groups in total. The molecule has 1 amide bonds. The zero-order valence-corrected chi connectivity index (χ0v) is 14.6. The van der Waals surface area contributed by atoms with Crippen LogP contribution in [0, 0.1) is 5.82 Å². The highest BCUT2D eigenvalue weighted by Gasteiger charge is 2.15. The number of pyridine rings is 1. The lowest BCUT2D eigenvalue weighted by atomic mass is 10.0. The molecular weight excluding hydrogens is 347 g/mol. The van der Waals surface area contributed by atoms with E-state index in [-0.39, 0.29) is 11.4 Å². The number of carboxylic acids is 1. The van der Waals surface area contributed by atoms with Gasteiger partial charge < -0.3 is 10.4 Å². The quantitative estimate of drug-likeness (QED) is 0.703. The second kappa shape index (κ2) is 7.78. The van der Waals surface area contributed by atoms with E-state index in [1.165, 1.54) is 24.4 Å². The molecule has 27 heavy (non-hydrogen) atoms. The van der Waals surface area contributed by atoms with E-state index in [2.05, 4.69) is 10.3 Å². The minimum absolute atomic E-state index is 0.155. The number of carbonyl (C=O) groups excluding carboxylic acids is 1. The number of nitrogens with one attached hydrogen (secondary N) is 1. The summed E-state index contributed by atoms with van der Waals surface area (Å²) in [5.74, 6) is -1.84. The molecule has 136 valence electrons. The van der Waals surface area contributed by atoms with Crippen LogP contribution in [0.3, 0.4) is 0 Å². The Morgan fingerprint density at radius 1 is 1.07 bits per heavy atom. The van der Waals surface area contributed by atoms with Gasteiger partial charge in [0.2, 0.25) is 0 Å². The molecule has 0 bridgehead atoms. The number of halogens is 1. The summed E-state index contributed by atoms with van der Waals surface area (Å²) in [6, 6.07) is 12.4. The van der Waals surface area contributed by atoms with Gasteiger partial charge in [0.05, 0.1) is 11.1 Å². The first kappa shape index (κ1) is 18.3. The lowest BCUT2D eigenvalue weighted by molar-refractivity contribution is 0.0695. The number of amides is 1. The standard InChI is InChI=1S/C21H17FN2O3/c1-2-17-18(21(26)27)7-4-8-19(17)24-20(25)15-9-14(11-23-12-15)13-5-3-6-16(22)10-13/h3-12H,2H2,1H3,(H,24,25)(H,26,27). The maximum Gasteiger partial charge on any atom is 0.336 e. The van der Waals surface area contributed by atoms with Crippen molar-refractivity contribution in [3.63, 3.8) is 0 Å². The first-order valence-electron chi connectivity index (χ1n) is 8.37. The summed E-state index contributed by atoms with van der Waals surface area (Å²) >= 11 is 0. The molecule has 1 heterocycles. The summed E-state index contributed by atoms with van der Waals surface area (Å²) in [4.78, 5) is 28.1. The van der Waals surface area contributed by atoms with Gasteiger partial charge in [0.1, 0.15) is 5.82 Å². The predicted molar refractivity (Wildman–Crippen MR) is 100 cm³/mol. The molecule has 0 saturated carbocycles. The van der Waals surface area contributed by atoms with Gasteiger partial charge in [-0.3, -0.25) is 9.78 Å². The molecule has 0 atom stereocenters. The van der Waals surface area contributed by atoms with Crippen LogP contribution in [0.1, 0.15) is 33.2 Å². The molecule has 0 aliphatic heterocycles. The molecule has 5 nitrogen and oxygen atoms in total. The summed E-state index contributed by atoms with van der Waals surface area (Å²) in [6.45, 7) is 1.82. The fraction of sp³-hybridized carbons (Fsp3) is 0.0952. The van der Waals surface area contributed by atoms with Crippen molar-refractivity contribution in [2.75, 3.05) is 5.32 Å². The molecule has 0 fully saturated rings. The number of nitrogens with zero attached hydrogens (tertiary/aromatic N) is 1. The van der Waals surface area contributed by atoms with Gasteiger partial charge in [-0.05, 0) is 47.9 Å². The van der Waals surface area contributed by atoms with Crippen molar-refractivity contribution in [2.45, 2.75) is 13.3 Å². The van der Waals surface area contributed by atoms with E-state index in [1.807, 2.05) is 6.92 Å². The molecule has 0 unspecified atom stereocenters. The minimum atomic E-state index is -1.04. The Kier molecular flexibility index (Phi) is 5.26. The molecular formula is C21H17FN2O3. The Bertz CT molecular complexity index is 1020. The number of rotatable bonds is 5. The Labute approximate surface area is 155 Å². The van der Waals surface area contributed by atoms with E-state index in [4.69, 9.17) is 0 Å². The number of carbonyl (C=O) groups is 2. The lowest BCUT2D eigenvalue weighted by Crippen LogP contribution is -2.15. The zero-order chi connectivity index (χ0) is 19.4. The predicted octanol–water partition coefficient (Wildman–Crippen LogP) is 4.40. The van der Waals surface area contributed by atoms with Gasteiger partial charge in [-0.2, -0.15) is 0 Å².